The van der Waals surface area contributed by atoms with Crippen molar-refractivity contribution in [3.63, 3.8) is 0 Å². The molecule has 0 spiro atoms. The molecule has 2 N–H and O–H groups in total. The summed E-state index contributed by atoms with van der Waals surface area (Å²) in [7, 11) is -2.87. The van der Waals surface area contributed by atoms with Crippen molar-refractivity contribution in [1.82, 2.24) is 9.97 Å². The van der Waals surface area contributed by atoms with Crippen LogP contribution in [-0.2, 0) is 4.57 Å². The Morgan fingerprint density at radius 3 is 1.64 bits per heavy atom. The third kappa shape index (κ3) is 17.7. The van der Waals surface area contributed by atoms with Crippen molar-refractivity contribution in [3.8, 4) is 0 Å². The lowest BCUT2D eigenvalue weighted by molar-refractivity contribution is 0.405. The van der Waals surface area contributed by atoms with Crippen molar-refractivity contribution in [3.05, 3.63) is 24.8 Å². The average molecular weight is 198 g/mol. The molecule has 1 aromatic heterocycles. The molecule has 1 aromatic rings. The van der Waals surface area contributed by atoms with Crippen LogP contribution in [0.5, 0.6) is 0 Å². The third-order valence-electron chi connectivity index (χ3n) is 0.478. The molecule has 62 valence electrons. The maximum Gasteiger partial charge on any atom is 0.692 e. The minimum atomic E-state index is -2.87. The van der Waals surface area contributed by atoms with Gasteiger partial charge in [-0.15, -0.1) is 22.2 Å². The van der Waals surface area contributed by atoms with Gasteiger partial charge in [-0.25, -0.2) is 9.97 Å². The molecule has 0 aliphatic rings. The zero-order valence-corrected chi connectivity index (χ0v) is 7.07. The molecule has 0 saturated heterocycles. The molecule has 0 aromatic carbocycles. The van der Waals surface area contributed by atoms with Crippen molar-refractivity contribution in [2.45, 2.75) is 0 Å². The Hall–Kier alpha value is -0.610. The van der Waals surface area contributed by atoms with Gasteiger partial charge in [-0.05, 0) is 6.07 Å². The smallest absolute Gasteiger partial charge is 0.245 e. The van der Waals surface area contributed by atoms with Crippen molar-refractivity contribution in [2.24, 2.45) is 0 Å². The average Bonchev–Trinajstić information content (AvgIpc) is 1.90. The zero-order chi connectivity index (χ0) is 7.82. The number of halogens is 1. The van der Waals surface area contributed by atoms with E-state index in [1.54, 1.807) is 18.5 Å². The van der Waals surface area contributed by atoms with Gasteiger partial charge in [-0.3, -0.25) is 0 Å². The monoisotopic (exact) mass is 197 g/mol. The van der Waals surface area contributed by atoms with E-state index in [4.69, 9.17) is 14.4 Å². The molecule has 0 unspecified atom stereocenters. The van der Waals surface area contributed by atoms with Crippen molar-refractivity contribution in [2.75, 3.05) is 0 Å². The Morgan fingerprint density at radius 1 is 1.18 bits per heavy atom. The van der Waals surface area contributed by atoms with Gasteiger partial charge < -0.3 is 0 Å². The largest absolute Gasteiger partial charge is 0.692 e. The molecule has 0 aliphatic heterocycles. The molecule has 0 amide bonds. The number of hydrogen-bond acceptors (Lipinski definition) is 3. The van der Waals surface area contributed by atoms with Gasteiger partial charge in [0.2, 0.25) is 0 Å². The summed E-state index contributed by atoms with van der Waals surface area (Å²) in [5.74, 6) is 0. The Labute approximate surface area is 70.5 Å². The quantitative estimate of drug-likeness (QED) is 0.593. The van der Waals surface area contributed by atoms with Crippen LogP contribution in [0.2, 0.25) is 0 Å². The summed E-state index contributed by atoms with van der Waals surface area (Å²) in [5.41, 5.74) is 0. The molecule has 0 saturated carbocycles. The fourth-order valence-corrected chi connectivity index (χ4v) is 0.253. The minimum Gasteiger partial charge on any atom is -0.245 e. The predicted molar refractivity (Wildman–Crippen MR) is 41.3 cm³/mol. The normalized spacial score (nSPS) is 6.73. The summed E-state index contributed by atoms with van der Waals surface area (Å²) < 4.78 is 8.70. The van der Waals surface area contributed by atoms with E-state index in [-0.39, 0.29) is 12.4 Å². The molecular weight excluding hydrogens is 190 g/mol. The lowest BCUT2D eigenvalue weighted by atomic mass is 10.7. The minimum absolute atomic E-state index is 0. The maximum absolute atomic E-state index is 8.70. The topological polar surface area (TPSA) is 83.3 Å². The van der Waals surface area contributed by atoms with Crippen LogP contribution in [0.3, 0.4) is 0 Å². The molecule has 1 heterocycles. The lowest BCUT2D eigenvalue weighted by Gasteiger charge is -1.70. The van der Waals surface area contributed by atoms with Crippen LogP contribution in [0.15, 0.2) is 24.8 Å². The highest BCUT2D eigenvalue weighted by atomic mass is 35.5. The standard InChI is InChI=1S/C4H4N2.ClH.HO3P/c1-2-5-4-6-3-1;;1-4(2)3/h1-4H;1H;(H-,1,2,3)/p+1. The van der Waals surface area contributed by atoms with E-state index in [9.17, 15) is 0 Å². The molecule has 11 heavy (non-hydrogen) atoms. The summed E-state index contributed by atoms with van der Waals surface area (Å²) in [5, 5.41) is 0. The fraction of sp³-hybridized carbons (Fsp3) is 0. The highest BCUT2D eigenvalue weighted by Gasteiger charge is 1.93. The van der Waals surface area contributed by atoms with Crippen LogP contribution in [-0.4, -0.2) is 19.8 Å². The van der Waals surface area contributed by atoms with Crippen LogP contribution >= 0.6 is 20.7 Å². The van der Waals surface area contributed by atoms with Gasteiger partial charge in [0.15, 0.2) is 0 Å². The molecule has 0 fully saturated rings. The fourth-order valence-electron chi connectivity index (χ4n) is 0.253. The molecular formula is C4H7ClN2O3P+. The second-order valence-electron chi connectivity index (χ2n) is 1.16. The molecule has 1 rings (SSSR count). The summed E-state index contributed by atoms with van der Waals surface area (Å²) >= 11 is 0. The van der Waals surface area contributed by atoms with Gasteiger partial charge in [0.05, 0.1) is 0 Å². The summed E-state index contributed by atoms with van der Waals surface area (Å²) in [6.07, 6.45) is 4.88. The third-order valence-corrected chi connectivity index (χ3v) is 0.478. The Morgan fingerprint density at radius 2 is 1.55 bits per heavy atom. The van der Waals surface area contributed by atoms with Crippen molar-refractivity contribution >= 4 is 20.7 Å². The van der Waals surface area contributed by atoms with E-state index >= 15 is 0 Å². The Bertz CT molecular complexity index is 155. The molecule has 5 nitrogen and oxygen atoms in total. The van der Waals surface area contributed by atoms with E-state index in [0.29, 0.717) is 0 Å². The first-order valence-corrected chi connectivity index (χ1v) is 3.45. The summed E-state index contributed by atoms with van der Waals surface area (Å²) in [6, 6.07) is 1.78. The summed E-state index contributed by atoms with van der Waals surface area (Å²) in [6.45, 7) is 0. The van der Waals surface area contributed by atoms with Crippen LogP contribution in [0.1, 0.15) is 0 Å². The second-order valence-corrected chi connectivity index (χ2v) is 1.66. The van der Waals surface area contributed by atoms with Gasteiger partial charge in [-0.1, -0.05) is 0 Å². The number of hydrogen-bond donors (Lipinski definition) is 2. The molecule has 7 heteroatoms. The van der Waals surface area contributed by atoms with E-state index < -0.39 is 8.25 Å². The van der Waals surface area contributed by atoms with Gasteiger partial charge >= 0.3 is 8.25 Å². The van der Waals surface area contributed by atoms with E-state index in [2.05, 4.69) is 9.97 Å². The van der Waals surface area contributed by atoms with Crippen molar-refractivity contribution in [1.29, 1.82) is 0 Å². The SMILES string of the molecule is Cl.O=[P+](O)O.c1cncnc1. The first-order chi connectivity index (χ1) is 4.73. The zero-order valence-electron chi connectivity index (χ0n) is 5.36. The van der Waals surface area contributed by atoms with E-state index in [1.165, 1.54) is 6.33 Å². The van der Waals surface area contributed by atoms with Gasteiger partial charge in [0.25, 0.3) is 0 Å². The number of aromatic nitrogens is 2. The number of rotatable bonds is 0. The van der Waals surface area contributed by atoms with Gasteiger partial charge in [-0.2, -0.15) is 0 Å². The highest BCUT2D eigenvalue weighted by molar-refractivity contribution is 7.30. The first kappa shape index (κ1) is 13.0. The lowest BCUT2D eigenvalue weighted by Crippen LogP contribution is -1.66. The molecule has 0 aliphatic carbocycles. The number of nitrogens with zero attached hydrogens (tertiary/aromatic N) is 2. The van der Waals surface area contributed by atoms with Gasteiger partial charge in [0.1, 0.15) is 6.33 Å². The first-order valence-electron chi connectivity index (χ1n) is 2.28. The van der Waals surface area contributed by atoms with Gasteiger partial charge in [0, 0.05) is 17.0 Å². The molecule has 0 bridgehead atoms. The van der Waals surface area contributed by atoms with Crippen molar-refractivity contribution < 1.29 is 14.4 Å². The molecule has 0 radical (unpaired) electrons. The molecule has 0 atom stereocenters. The van der Waals surface area contributed by atoms with E-state index in [1.807, 2.05) is 0 Å². The van der Waals surface area contributed by atoms with E-state index in [0.717, 1.165) is 0 Å². The van der Waals surface area contributed by atoms with Crippen LogP contribution in [0, 0.1) is 0 Å². The van der Waals surface area contributed by atoms with Crippen LogP contribution < -0.4 is 0 Å². The summed E-state index contributed by atoms with van der Waals surface area (Å²) in [4.78, 5) is 21.6. The Balaban J connectivity index is 0. The van der Waals surface area contributed by atoms with Crippen LogP contribution in [0.4, 0.5) is 0 Å². The maximum atomic E-state index is 8.70. The highest BCUT2D eigenvalue weighted by Crippen LogP contribution is 1.98. The predicted octanol–water partition coefficient (Wildman–Crippen LogP) is 0.527. The second kappa shape index (κ2) is 9.39. The Kier molecular flexibility index (Phi) is 11.1. The van der Waals surface area contributed by atoms with Crippen LogP contribution in [0.25, 0.3) is 0 Å².